The van der Waals surface area contributed by atoms with Crippen molar-refractivity contribution in [2.75, 3.05) is 20.1 Å². The molecule has 0 aromatic rings. The van der Waals surface area contributed by atoms with Gasteiger partial charge in [0, 0.05) is 12.3 Å². The molecule has 3 fully saturated rings. The molecule has 0 aromatic heterocycles. The molecular formula is C15H27N2O+. The summed E-state index contributed by atoms with van der Waals surface area (Å²) >= 11 is 0. The summed E-state index contributed by atoms with van der Waals surface area (Å²) in [5, 5.41) is 13.1. The molecule has 0 aromatic carbocycles. The molecule has 1 heterocycles. The second-order valence-electron chi connectivity index (χ2n) is 6.89. The van der Waals surface area contributed by atoms with Gasteiger partial charge >= 0.3 is 0 Å². The zero-order valence-corrected chi connectivity index (χ0v) is 11.6. The molecule has 2 aliphatic carbocycles. The molecule has 0 spiro atoms. The van der Waals surface area contributed by atoms with Gasteiger partial charge in [0.15, 0.2) is 0 Å². The van der Waals surface area contributed by atoms with Crippen molar-refractivity contribution in [2.45, 2.75) is 57.4 Å². The number of fused-ring (bicyclic) bond motifs is 2. The van der Waals surface area contributed by atoms with Gasteiger partial charge in [-0.15, -0.1) is 0 Å². The van der Waals surface area contributed by atoms with E-state index in [1.54, 1.807) is 0 Å². The van der Waals surface area contributed by atoms with Crippen molar-refractivity contribution in [3.05, 3.63) is 0 Å². The molecule has 1 saturated heterocycles. The third-order valence-electron chi connectivity index (χ3n) is 5.90. The van der Waals surface area contributed by atoms with Crippen LogP contribution in [-0.2, 0) is 0 Å². The number of piperidine rings is 1. The molecule has 0 unspecified atom stereocenters. The van der Waals surface area contributed by atoms with E-state index >= 15 is 0 Å². The summed E-state index contributed by atoms with van der Waals surface area (Å²) in [5.41, 5.74) is 1.16. The average Bonchev–Trinajstić information content (AvgIpc) is 2.38. The van der Waals surface area contributed by atoms with Gasteiger partial charge in [0.2, 0.25) is 0 Å². The number of quaternary nitrogens is 1. The fraction of sp³-hybridized carbons (Fsp3) is 0.933. The van der Waals surface area contributed by atoms with Gasteiger partial charge in [-0.05, 0) is 38.5 Å². The largest absolute Gasteiger partial charge is 0.411 e. The second-order valence-corrected chi connectivity index (χ2v) is 6.89. The first-order valence-electron chi connectivity index (χ1n) is 7.81. The standard InChI is InChI=1S/C15H26N2O/c1-17(10-3-2-4-11-17)14-9-8-12-6-5-7-13(14)15(12)16-18/h12-14H,2-11H2,1H3/p+1/b16-15+/t12-,13-,14-/m0/s1. The van der Waals surface area contributed by atoms with Crippen LogP contribution in [0.1, 0.15) is 51.4 Å². The Bertz CT molecular complexity index is 333. The lowest BCUT2D eigenvalue weighted by Crippen LogP contribution is -2.61. The van der Waals surface area contributed by atoms with Gasteiger partial charge in [0.05, 0.1) is 37.8 Å². The molecular weight excluding hydrogens is 224 g/mol. The molecule has 102 valence electrons. The Morgan fingerprint density at radius 3 is 2.50 bits per heavy atom. The fourth-order valence-electron chi connectivity index (χ4n) is 4.91. The Morgan fingerprint density at radius 1 is 1.00 bits per heavy atom. The van der Waals surface area contributed by atoms with Crippen molar-refractivity contribution in [1.82, 2.24) is 0 Å². The van der Waals surface area contributed by atoms with Crippen molar-refractivity contribution >= 4 is 5.71 Å². The predicted molar refractivity (Wildman–Crippen MR) is 72.8 cm³/mol. The highest BCUT2D eigenvalue weighted by Gasteiger charge is 2.48. The normalized spacial score (nSPS) is 41.8. The van der Waals surface area contributed by atoms with Crippen molar-refractivity contribution in [3.8, 4) is 0 Å². The van der Waals surface area contributed by atoms with Crippen LogP contribution in [0.25, 0.3) is 0 Å². The van der Waals surface area contributed by atoms with Crippen LogP contribution >= 0.6 is 0 Å². The van der Waals surface area contributed by atoms with E-state index in [0.717, 1.165) is 11.8 Å². The molecule has 3 aliphatic rings. The van der Waals surface area contributed by atoms with Crippen molar-refractivity contribution < 1.29 is 9.69 Å². The molecule has 3 heteroatoms. The van der Waals surface area contributed by atoms with Crippen LogP contribution < -0.4 is 0 Å². The maximum Gasteiger partial charge on any atom is 0.0971 e. The fourth-order valence-corrected chi connectivity index (χ4v) is 4.91. The maximum absolute atomic E-state index is 9.38. The Hall–Kier alpha value is -0.570. The molecule has 1 N–H and O–H groups in total. The summed E-state index contributed by atoms with van der Waals surface area (Å²) in [5.74, 6) is 1.17. The highest BCUT2D eigenvalue weighted by atomic mass is 16.4. The summed E-state index contributed by atoms with van der Waals surface area (Å²) in [6, 6.07) is 0.729. The highest BCUT2D eigenvalue weighted by Crippen LogP contribution is 2.42. The zero-order valence-electron chi connectivity index (χ0n) is 11.6. The summed E-state index contributed by atoms with van der Waals surface area (Å²) in [7, 11) is 2.45. The number of rotatable bonds is 1. The van der Waals surface area contributed by atoms with Crippen LogP contribution in [0.3, 0.4) is 0 Å². The van der Waals surface area contributed by atoms with Crippen LogP contribution in [0.5, 0.6) is 0 Å². The van der Waals surface area contributed by atoms with Crippen molar-refractivity contribution in [1.29, 1.82) is 0 Å². The molecule has 3 nitrogen and oxygen atoms in total. The number of oxime groups is 1. The molecule has 0 amide bonds. The molecule has 2 bridgehead atoms. The molecule has 18 heavy (non-hydrogen) atoms. The number of nitrogens with zero attached hydrogens (tertiary/aromatic N) is 2. The zero-order chi connectivity index (χ0) is 12.6. The van der Waals surface area contributed by atoms with Gasteiger partial charge in [-0.25, -0.2) is 0 Å². The monoisotopic (exact) mass is 251 g/mol. The third kappa shape index (κ3) is 1.97. The van der Waals surface area contributed by atoms with E-state index in [1.165, 1.54) is 68.9 Å². The lowest BCUT2D eigenvalue weighted by Gasteiger charge is -2.51. The Morgan fingerprint density at radius 2 is 1.78 bits per heavy atom. The third-order valence-corrected chi connectivity index (χ3v) is 5.90. The Kier molecular flexibility index (Phi) is 3.35. The second kappa shape index (κ2) is 4.84. The quantitative estimate of drug-likeness (QED) is 0.434. The Balaban J connectivity index is 1.83. The van der Waals surface area contributed by atoms with Gasteiger partial charge in [-0.3, -0.25) is 0 Å². The van der Waals surface area contributed by atoms with Crippen LogP contribution in [0.4, 0.5) is 0 Å². The molecule has 0 radical (unpaired) electrons. The van der Waals surface area contributed by atoms with Crippen LogP contribution in [-0.4, -0.2) is 41.6 Å². The van der Waals surface area contributed by atoms with Gasteiger partial charge in [-0.2, -0.15) is 0 Å². The smallest absolute Gasteiger partial charge is 0.0971 e. The predicted octanol–water partition coefficient (Wildman–Crippen LogP) is 3.03. The lowest BCUT2D eigenvalue weighted by molar-refractivity contribution is -0.941. The lowest BCUT2D eigenvalue weighted by atomic mass is 9.67. The summed E-state index contributed by atoms with van der Waals surface area (Å²) < 4.78 is 1.25. The first-order chi connectivity index (χ1) is 8.74. The van der Waals surface area contributed by atoms with E-state index in [0.29, 0.717) is 11.8 Å². The van der Waals surface area contributed by atoms with E-state index in [9.17, 15) is 5.21 Å². The van der Waals surface area contributed by atoms with E-state index in [2.05, 4.69) is 12.2 Å². The van der Waals surface area contributed by atoms with Crippen LogP contribution in [0, 0.1) is 11.8 Å². The van der Waals surface area contributed by atoms with E-state index < -0.39 is 0 Å². The highest BCUT2D eigenvalue weighted by molar-refractivity contribution is 5.90. The Labute approximate surface area is 110 Å². The molecule has 3 rings (SSSR count). The molecule has 1 aliphatic heterocycles. The van der Waals surface area contributed by atoms with E-state index in [1.807, 2.05) is 0 Å². The van der Waals surface area contributed by atoms with Gasteiger partial charge < -0.3 is 9.69 Å². The minimum Gasteiger partial charge on any atom is -0.411 e. The SMILES string of the molecule is C[N+]1([C@H]2CC[C@@H]3CCC[C@@H]2/C3=N/O)CCCCC1. The first kappa shape index (κ1) is 12.5. The number of hydrogen-bond acceptors (Lipinski definition) is 2. The first-order valence-corrected chi connectivity index (χ1v) is 7.81. The minimum atomic E-state index is 0.575. The summed E-state index contributed by atoms with van der Waals surface area (Å²) in [6.07, 6.45) is 10.6. The molecule has 2 saturated carbocycles. The van der Waals surface area contributed by atoms with Crippen molar-refractivity contribution in [2.24, 2.45) is 17.0 Å². The average molecular weight is 251 g/mol. The minimum absolute atomic E-state index is 0.575. The number of likely N-dealkylation sites (tertiary alicyclic amines) is 1. The van der Waals surface area contributed by atoms with Crippen molar-refractivity contribution in [3.63, 3.8) is 0 Å². The van der Waals surface area contributed by atoms with Gasteiger partial charge in [-0.1, -0.05) is 11.6 Å². The molecule has 3 atom stereocenters. The van der Waals surface area contributed by atoms with E-state index in [-0.39, 0.29) is 0 Å². The van der Waals surface area contributed by atoms with Gasteiger partial charge in [0.1, 0.15) is 0 Å². The van der Waals surface area contributed by atoms with Gasteiger partial charge in [0.25, 0.3) is 0 Å². The van der Waals surface area contributed by atoms with E-state index in [4.69, 9.17) is 0 Å². The topological polar surface area (TPSA) is 32.6 Å². The van der Waals surface area contributed by atoms with Crippen LogP contribution in [0.2, 0.25) is 0 Å². The number of hydrogen-bond donors (Lipinski definition) is 1. The summed E-state index contributed by atoms with van der Waals surface area (Å²) in [4.78, 5) is 0. The van der Waals surface area contributed by atoms with Crippen LogP contribution in [0.15, 0.2) is 5.16 Å². The summed E-state index contributed by atoms with van der Waals surface area (Å²) in [6.45, 7) is 2.68. The maximum atomic E-state index is 9.38.